The van der Waals surface area contributed by atoms with Crippen molar-refractivity contribution in [2.75, 3.05) is 18.4 Å². The lowest BCUT2D eigenvalue weighted by molar-refractivity contribution is -0.119. The summed E-state index contributed by atoms with van der Waals surface area (Å²) >= 11 is 0. The smallest absolute Gasteiger partial charge is 0.228 e. The molecule has 92 valence electrons. The average Bonchev–Trinajstić information content (AvgIpc) is 2.83. The zero-order valence-electron chi connectivity index (χ0n) is 10.5. The largest absolute Gasteiger partial charge is 0.326 e. The Morgan fingerprint density at radius 3 is 2.82 bits per heavy atom. The molecule has 17 heavy (non-hydrogen) atoms. The van der Waals surface area contributed by atoms with Crippen LogP contribution in [0.5, 0.6) is 0 Å². The second-order valence-electron chi connectivity index (χ2n) is 4.92. The van der Waals surface area contributed by atoms with Gasteiger partial charge in [-0.15, -0.1) is 0 Å². The maximum absolute atomic E-state index is 12.0. The van der Waals surface area contributed by atoms with Crippen molar-refractivity contribution >= 4 is 11.6 Å². The summed E-state index contributed by atoms with van der Waals surface area (Å²) in [6.07, 6.45) is 0.940. The van der Waals surface area contributed by atoms with Gasteiger partial charge in [-0.05, 0) is 30.5 Å². The van der Waals surface area contributed by atoms with Crippen molar-refractivity contribution in [3.63, 3.8) is 0 Å². The Morgan fingerprint density at radius 2 is 2.18 bits per heavy atom. The minimum absolute atomic E-state index is 0.121. The number of rotatable bonds is 3. The summed E-state index contributed by atoms with van der Waals surface area (Å²) in [5.74, 6) is 0.687. The molecule has 1 heterocycles. The third-order valence-electron chi connectivity index (χ3n) is 3.27. The molecule has 1 aliphatic heterocycles. The topological polar surface area (TPSA) is 41.1 Å². The number of nitrogens with one attached hydrogen (secondary N) is 2. The summed E-state index contributed by atoms with van der Waals surface area (Å²) in [5, 5.41) is 6.27. The summed E-state index contributed by atoms with van der Waals surface area (Å²) in [6, 6.07) is 8.04. The van der Waals surface area contributed by atoms with Gasteiger partial charge in [-0.25, -0.2) is 0 Å². The quantitative estimate of drug-likeness (QED) is 0.840. The van der Waals surface area contributed by atoms with E-state index in [9.17, 15) is 4.79 Å². The first-order chi connectivity index (χ1) is 8.18. The molecule has 1 amide bonds. The number of benzene rings is 1. The van der Waals surface area contributed by atoms with Gasteiger partial charge in [0.15, 0.2) is 0 Å². The van der Waals surface area contributed by atoms with Crippen LogP contribution in [0.15, 0.2) is 24.3 Å². The minimum atomic E-state index is 0.121. The van der Waals surface area contributed by atoms with Gasteiger partial charge in [0.25, 0.3) is 0 Å². The zero-order chi connectivity index (χ0) is 12.3. The third-order valence-corrected chi connectivity index (χ3v) is 3.27. The Labute approximate surface area is 103 Å². The average molecular weight is 232 g/mol. The van der Waals surface area contributed by atoms with E-state index in [-0.39, 0.29) is 11.8 Å². The van der Waals surface area contributed by atoms with Gasteiger partial charge in [-0.2, -0.15) is 0 Å². The zero-order valence-corrected chi connectivity index (χ0v) is 10.5. The third kappa shape index (κ3) is 2.86. The molecule has 1 saturated heterocycles. The molecule has 3 heteroatoms. The predicted molar refractivity (Wildman–Crippen MR) is 70.1 cm³/mol. The Morgan fingerprint density at radius 1 is 1.41 bits per heavy atom. The molecule has 1 fully saturated rings. The Balaban J connectivity index is 2.09. The molecule has 1 unspecified atom stereocenters. The molecule has 1 aromatic rings. The van der Waals surface area contributed by atoms with Crippen molar-refractivity contribution in [3.05, 3.63) is 29.8 Å². The number of hydrogen-bond acceptors (Lipinski definition) is 2. The molecule has 0 aromatic heterocycles. The van der Waals surface area contributed by atoms with Gasteiger partial charge >= 0.3 is 0 Å². The van der Waals surface area contributed by atoms with Gasteiger partial charge in [-0.1, -0.05) is 32.0 Å². The molecule has 1 aliphatic rings. The summed E-state index contributed by atoms with van der Waals surface area (Å²) in [7, 11) is 0. The van der Waals surface area contributed by atoms with Gasteiger partial charge in [-0.3, -0.25) is 4.79 Å². The summed E-state index contributed by atoms with van der Waals surface area (Å²) in [5.41, 5.74) is 2.16. The van der Waals surface area contributed by atoms with Crippen LogP contribution in [0.1, 0.15) is 31.7 Å². The van der Waals surface area contributed by atoms with Crippen LogP contribution in [0.25, 0.3) is 0 Å². The number of para-hydroxylation sites is 1. The van der Waals surface area contributed by atoms with E-state index in [1.165, 1.54) is 5.56 Å². The molecule has 0 saturated carbocycles. The number of amides is 1. The van der Waals surface area contributed by atoms with Crippen LogP contribution in [0.2, 0.25) is 0 Å². The second-order valence-corrected chi connectivity index (χ2v) is 4.92. The van der Waals surface area contributed by atoms with Gasteiger partial charge in [0.2, 0.25) is 5.91 Å². The monoisotopic (exact) mass is 232 g/mol. The van der Waals surface area contributed by atoms with Crippen molar-refractivity contribution in [1.82, 2.24) is 5.32 Å². The van der Waals surface area contributed by atoms with Crippen molar-refractivity contribution < 1.29 is 4.79 Å². The van der Waals surface area contributed by atoms with Crippen LogP contribution < -0.4 is 10.6 Å². The summed E-state index contributed by atoms with van der Waals surface area (Å²) < 4.78 is 0. The molecule has 0 radical (unpaired) electrons. The number of hydrogen-bond donors (Lipinski definition) is 2. The van der Waals surface area contributed by atoms with Crippen molar-refractivity contribution in [1.29, 1.82) is 0 Å². The van der Waals surface area contributed by atoms with E-state index in [0.29, 0.717) is 5.92 Å². The van der Waals surface area contributed by atoms with Crippen LogP contribution in [0, 0.1) is 5.92 Å². The minimum Gasteiger partial charge on any atom is -0.326 e. The van der Waals surface area contributed by atoms with Gasteiger partial charge in [0.1, 0.15) is 0 Å². The van der Waals surface area contributed by atoms with Crippen LogP contribution in [-0.2, 0) is 4.79 Å². The molecule has 0 spiro atoms. The molecular formula is C14H20N2O. The number of anilines is 1. The molecule has 0 aliphatic carbocycles. The van der Waals surface area contributed by atoms with E-state index in [2.05, 4.69) is 30.5 Å². The lowest BCUT2D eigenvalue weighted by Crippen LogP contribution is -2.25. The highest BCUT2D eigenvalue weighted by atomic mass is 16.1. The van der Waals surface area contributed by atoms with E-state index < -0.39 is 0 Å². The second kappa shape index (κ2) is 5.32. The Bertz CT molecular complexity index is 395. The summed E-state index contributed by atoms with van der Waals surface area (Å²) in [4.78, 5) is 12.0. The summed E-state index contributed by atoms with van der Waals surface area (Å²) in [6.45, 7) is 6.03. The Hall–Kier alpha value is -1.35. The maximum atomic E-state index is 12.0. The van der Waals surface area contributed by atoms with Crippen molar-refractivity contribution in [2.24, 2.45) is 5.92 Å². The highest BCUT2D eigenvalue weighted by Crippen LogP contribution is 2.24. The number of carbonyl (C=O) groups is 1. The maximum Gasteiger partial charge on any atom is 0.228 e. The highest BCUT2D eigenvalue weighted by molar-refractivity contribution is 5.93. The standard InChI is InChI=1S/C14H20N2O/c1-10(2)12-5-3-4-6-13(12)16-14(17)11-7-8-15-9-11/h3-6,10-11,15H,7-9H2,1-2H3,(H,16,17). The van der Waals surface area contributed by atoms with E-state index in [1.807, 2.05) is 18.2 Å². The molecule has 3 nitrogen and oxygen atoms in total. The Kier molecular flexibility index (Phi) is 3.79. The fourth-order valence-corrected chi connectivity index (χ4v) is 2.23. The molecule has 0 bridgehead atoms. The lowest BCUT2D eigenvalue weighted by Gasteiger charge is -2.15. The van der Waals surface area contributed by atoms with E-state index in [0.717, 1.165) is 25.2 Å². The first-order valence-electron chi connectivity index (χ1n) is 6.29. The van der Waals surface area contributed by atoms with Gasteiger partial charge < -0.3 is 10.6 Å². The van der Waals surface area contributed by atoms with Crippen molar-refractivity contribution in [3.8, 4) is 0 Å². The molecule has 2 N–H and O–H groups in total. The van der Waals surface area contributed by atoms with Gasteiger partial charge in [0, 0.05) is 12.2 Å². The molecule has 1 atom stereocenters. The first-order valence-corrected chi connectivity index (χ1v) is 6.29. The fourth-order valence-electron chi connectivity index (χ4n) is 2.23. The number of carbonyl (C=O) groups excluding carboxylic acids is 1. The van der Waals surface area contributed by atoms with E-state index in [4.69, 9.17) is 0 Å². The highest BCUT2D eigenvalue weighted by Gasteiger charge is 2.22. The molecule has 1 aromatic carbocycles. The molecular weight excluding hydrogens is 212 g/mol. The van der Waals surface area contributed by atoms with E-state index >= 15 is 0 Å². The van der Waals surface area contributed by atoms with Crippen LogP contribution in [0.3, 0.4) is 0 Å². The van der Waals surface area contributed by atoms with Crippen molar-refractivity contribution in [2.45, 2.75) is 26.2 Å². The van der Waals surface area contributed by atoms with Crippen LogP contribution in [0.4, 0.5) is 5.69 Å². The predicted octanol–water partition coefficient (Wildman–Crippen LogP) is 2.36. The normalized spacial score (nSPS) is 19.6. The fraction of sp³-hybridized carbons (Fsp3) is 0.500. The lowest BCUT2D eigenvalue weighted by atomic mass is 10.0. The SMILES string of the molecule is CC(C)c1ccccc1NC(=O)C1CCNC1. The van der Waals surface area contributed by atoms with Crippen LogP contribution in [-0.4, -0.2) is 19.0 Å². The van der Waals surface area contributed by atoms with Gasteiger partial charge in [0.05, 0.1) is 5.92 Å². The van der Waals surface area contributed by atoms with E-state index in [1.54, 1.807) is 0 Å². The molecule has 2 rings (SSSR count). The van der Waals surface area contributed by atoms with Crippen LogP contribution >= 0.6 is 0 Å². The first kappa shape index (κ1) is 12.1.